The van der Waals surface area contributed by atoms with E-state index >= 15 is 0 Å². The quantitative estimate of drug-likeness (QED) is 0.507. The lowest BCUT2D eigenvalue weighted by atomic mass is 10.1. The molecular weight excluding hydrogens is 326 g/mol. The van der Waals surface area contributed by atoms with Crippen molar-refractivity contribution >= 4 is 35.4 Å². The highest BCUT2D eigenvalue weighted by Crippen LogP contribution is 2.25. The molecule has 1 fully saturated rings. The van der Waals surface area contributed by atoms with Crippen LogP contribution < -0.4 is 5.73 Å². The monoisotopic (exact) mass is 346 g/mol. The van der Waals surface area contributed by atoms with Crippen LogP contribution in [0, 0.1) is 0 Å². The summed E-state index contributed by atoms with van der Waals surface area (Å²) in [6.07, 6.45) is 1.50. The number of nitrogens with zero attached hydrogens (tertiary/aromatic N) is 6. The van der Waals surface area contributed by atoms with Gasteiger partial charge in [0.15, 0.2) is 6.54 Å². The van der Waals surface area contributed by atoms with E-state index in [0.717, 1.165) is 4.90 Å². The van der Waals surface area contributed by atoms with Gasteiger partial charge in [-0.3, -0.25) is 19.4 Å². The number of primary amides is 1. The van der Waals surface area contributed by atoms with Crippen LogP contribution in [0.2, 0.25) is 0 Å². The summed E-state index contributed by atoms with van der Waals surface area (Å²) >= 11 is 0. The van der Waals surface area contributed by atoms with E-state index in [1.54, 1.807) is 18.5 Å². The molecule has 3 aliphatic heterocycles. The van der Waals surface area contributed by atoms with Gasteiger partial charge in [0.05, 0.1) is 5.71 Å². The number of amides is 4. The zero-order valence-corrected chi connectivity index (χ0v) is 14.3. The molecule has 3 aliphatic rings. The number of amidine groups is 1. The zero-order valence-electron chi connectivity index (χ0n) is 14.3. The van der Waals surface area contributed by atoms with Gasteiger partial charge in [-0.1, -0.05) is 11.1 Å². The third-order valence-electron chi connectivity index (χ3n) is 4.48. The van der Waals surface area contributed by atoms with E-state index in [1.165, 1.54) is 16.0 Å². The van der Waals surface area contributed by atoms with Crippen molar-refractivity contribution in [1.82, 2.24) is 14.8 Å². The van der Waals surface area contributed by atoms with E-state index in [1.807, 2.05) is 6.92 Å². The molecule has 2 atom stereocenters. The van der Waals surface area contributed by atoms with Gasteiger partial charge in [0.2, 0.25) is 11.9 Å². The highest BCUT2D eigenvalue weighted by atomic mass is 16.2. The summed E-state index contributed by atoms with van der Waals surface area (Å²) in [5.41, 5.74) is 6.00. The number of rotatable bonds is 4. The zero-order chi connectivity index (χ0) is 18.5. The number of hydrazone groups is 1. The molecule has 0 spiro atoms. The molecule has 0 aromatic heterocycles. The molecule has 0 bridgehead atoms. The first-order valence-corrected chi connectivity index (χ1v) is 7.82. The van der Waals surface area contributed by atoms with E-state index in [-0.39, 0.29) is 25.0 Å². The number of imide groups is 1. The van der Waals surface area contributed by atoms with Crippen LogP contribution in [0.25, 0.3) is 0 Å². The van der Waals surface area contributed by atoms with E-state index in [9.17, 15) is 14.4 Å². The highest BCUT2D eigenvalue weighted by Gasteiger charge is 2.56. The fourth-order valence-corrected chi connectivity index (χ4v) is 3.13. The SMILES string of the molecule is C=CCN1C(=O)C2C(=NC3=[N+]2C(C)C(C)=NN3CC(N)=O)N(C)C1=O. The summed E-state index contributed by atoms with van der Waals surface area (Å²) in [6.45, 7) is 7.23. The summed E-state index contributed by atoms with van der Waals surface area (Å²) in [6, 6.07) is -1.44. The second kappa shape index (κ2) is 5.80. The van der Waals surface area contributed by atoms with Crippen LogP contribution in [0.5, 0.6) is 0 Å². The van der Waals surface area contributed by atoms with Crippen molar-refractivity contribution in [2.24, 2.45) is 15.8 Å². The Kier molecular flexibility index (Phi) is 3.90. The molecule has 0 aromatic rings. The number of guanidine groups is 1. The molecule has 1 saturated heterocycles. The normalized spacial score (nSPS) is 25.6. The van der Waals surface area contributed by atoms with Crippen LogP contribution in [0.3, 0.4) is 0 Å². The first kappa shape index (κ1) is 16.8. The van der Waals surface area contributed by atoms with Crippen LogP contribution in [-0.2, 0) is 9.59 Å². The van der Waals surface area contributed by atoms with Crippen molar-refractivity contribution in [2.45, 2.75) is 25.9 Å². The lowest BCUT2D eigenvalue weighted by molar-refractivity contribution is -0.559. The Balaban J connectivity index is 2.09. The van der Waals surface area contributed by atoms with Gasteiger partial charge in [-0.25, -0.2) is 9.37 Å². The first-order valence-electron chi connectivity index (χ1n) is 7.82. The summed E-state index contributed by atoms with van der Waals surface area (Å²) in [5, 5.41) is 5.71. The minimum atomic E-state index is -0.756. The number of aliphatic imine (C=N–C) groups is 1. The number of likely N-dealkylation sites (N-methyl/N-ethyl adjacent to an activating group) is 1. The number of fused-ring (bicyclic) bond motifs is 2. The van der Waals surface area contributed by atoms with E-state index < -0.39 is 18.0 Å². The number of urea groups is 1. The third-order valence-corrected chi connectivity index (χ3v) is 4.48. The maximum Gasteiger partial charge on any atom is 0.417 e. The van der Waals surface area contributed by atoms with Gasteiger partial charge in [-0.2, -0.15) is 0 Å². The molecular formula is C15H20N7O3+. The molecule has 0 saturated carbocycles. The molecule has 0 aliphatic carbocycles. The van der Waals surface area contributed by atoms with Gasteiger partial charge >= 0.3 is 12.0 Å². The van der Waals surface area contributed by atoms with Crippen molar-refractivity contribution in [3.63, 3.8) is 0 Å². The van der Waals surface area contributed by atoms with Crippen molar-refractivity contribution in [3.8, 4) is 0 Å². The molecule has 3 rings (SSSR count). The maximum atomic E-state index is 12.9. The Labute approximate surface area is 144 Å². The van der Waals surface area contributed by atoms with Gasteiger partial charge in [0, 0.05) is 13.6 Å². The fraction of sp³-hybridized carbons (Fsp3) is 0.467. The highest BCUT2D eigenvalue weighted by molar-refractivity contribution is 6.23. The number of carbonyl (C=O) groups excluding carboxylic acids is 3. The van der Waals surface area contributed by atoms with E-state index in [4.69, 9.17) is 5.73 Å². The number of hydrogen-bond acceptors (Lipinski definition) is 6. The topological polar surface area (TPSA) is 115 Å². The van der Waals surface area contributed by atoms with Crippen molar-refractivity contribution in [3.05, 3.63) is 12.7 Å². The van der Waals surface area contributed by atoms with Crippen molar-refractivity contribution in [2.75, 3.05) is 20.1 Å². The average Bonchev–Trinajstić information content (AvgIpc) is 2.95. The molecule has 2 unspecified atom stereocenters. The van der Waals surface area contributed by atoms with Crippen LogP contribution in [-0.4, -0.2) is 87.0 Å². The summed E-state index contributed by atoms with van der Waals surface area (Å²) < 4.78 is 1.77. The third kappa shape index (κ3) is 2.41. The van der Waals surface area contributed by atoms with Crippen LogP contribution >= 0.6 is 0 Å². The number of nitrogens with two attached hydrogens (primary N) is 1. The van der Waals surface area contributed by atoms with E-state index in [2.05, 4.69) is 16.7 Å². The molecule has 3 heterocycles. The molecule has 0 aromatic carbocycles. The number of hydrogen-bond donors (Lipinski definition) is 1. The largest absolute Gasteiger partial charge is 0.417 e. The summed E-state index contributed by atoms with van der Waals surface area (Å²) in [4.78, 5) is 43.6. The predicted octanol–water partition coefficient (Wildman–Crippen LogP) is -1.22. The van der Waals surface area contributed by atoms with Crippen molar-refractivity contribution in [1.29, 1.82) is 0 Å². The van der Waals surface area contributed by atoms with Gasteiger partial charge < -0.3 is 5.73 Å². The average molecular weight is 346 g/mol. The van der Waals surface area contributed by atoms with Crippen molar-refractivity contribution < 1.29 is 19.0 Å². The van der Waals surface area contributed by atoms with Gasteiger partial charge in [-0.05, 0) is 13.8 Å². The fourth-order valence-electron chi connectivity index (χ4n) is 3.13. The van der Waals surface area contributed by atoms with E-state index in [0.29, 0.717) is 17.5 Å². The Morgan fingerprint density at radius 2 is 2.12 bits per heavy atom. The molecule has 132 valence electrons. The maximum absolute atomic E-state index is 12.9. The van der Waals surface area contributed by atoms with Gasteiger partial charge in [0.25, 0.3) is 11.8 Å². The first-order chi connectivity index (χ1) is 11.8. The second-order valence-electron chi connectivity index (χ2n) is 6.10. The van der Waals surface area contributed by atoms with Gasteiger partial charge in [0.1, 0.15) is 6.04 Å². The number of carbonyl (C=O) groups is 3. The Bertz CT molecular complexity index is 782. The predicted molar refractivity (Wildman–Crippen MR) is 90.0 cm³/mol. The Morgan fingerprint density at radius 1 is 1.44 bits per heavy atom. The summed E-state index contributed by atoms with van der Waals surface area (Å²) in [5.74, 6) is -0.295. The smallest absolute Gasteiger partial charge is 0.367 e. The molecule has 2 N–H and O–H groups in total. The molecule has 4 amide bonds. The van der Waals surface area contributed by atoms with Gasteiger partial charge in [-0.15, -0.1) is 16.7 Å². The Hall–Kier alpha value is -3.04. The molecule has 0 radical (unpaired) electrons. The molecule has 25 heavy (non-hydrogen) atoms. The lowest BCUT2D eigenvalue weighted by Crippen LogP contribution is -2.64. The lowest BCUT2D eigenvalue weighted by Gasteiger charge is -2.35. The standard InChI is InChI=1S/C15H19N7O3/c1-5-6-20-13(24)11-12(19(4)15(20)25)17-14-21(7-10(16)23)18-8(2)9(3)22(11)14/h5,9,11H,1,6-7H2,2-4H3,(H-,16,23)/p+1. The molecule has 10 nitrogen and oxygen atoms in total. The summed E-state index contributed by atoms with van der Waals surface area (Å²) in [7, 11) is 1.56. The Morgan fingerprint density at radius 3 is 2.72 bits per heavy atom. The minimum absolute atomic E-state index is 0.113. The molecule has 10 heteroatoms. The van der Waals surface area contributed by atoms with Crippen LogP contribution in [0.4, 0.5) is 4.79 Å². The van der Waals surface area contributed by atoms with Crippen LogP contribution in [0.1, 0.15) is 13.8 Å². The second-order valence-corrected chi connectivity index (χ2v) is 6.10. The minimum Gasteiger partial charge on any atom is -0.367 e. The van der Waals surface area contributed by atoms with Crippen LogP contribution in [0.15, 0.2) is 22.7 Å².